The van der Waals surface area contributed by atoms with E-state index in [-0.39, 0.29) is 11.0 Å². The Bertz CT molecular complexity index is 226. The molecule has 0 saturated carbocycles. The summed E-state index contributed by atoms with van der Waals surface area (Å²) in [7, 11) is 12.9. The minimum atomic E-state index is -1.66. The molecule has 0 bridgehead atoms. The van der Waals surface area contributed by atoms with Crippen LogP contribution in [-0.4, -0.2) is 48.2 Å². The molecule has 0 aliphatic carbocycles. The molecule has 0 aromatic rings. The summed E-state index contributed by atoms with van der Waals surface area (Å²) in [5, 5.41) is 0. The van der Waals surface area contributed by atoms with Crippen LogP contribution in [0.2, 0.25) is 13.7 Å². The van der Waals surface area contributed by atoms with E-state index in [4.69, 9.17) is 17.8 Å². The van der Waals surface area contributed by atoms with Gasteiger partial charge in [-0.1, -0.05) is 0 Å². The Hall–Kier alpha value is 2.10. The second-order valence-corrected chi connectivity index (χ2v) is 35.4. The van der Waals surface area contributed by atoms with Gasteiger partial charge in [0.1, 0.15) is 0 Å². The van der Waals surface area contributed by atoms with Crippen LogP contribution < -0.4 is 0 Å². The topological polar surface area (TPSA) is 63.0 Å². The van der Waals surface area contributed by atoms with Crippen molar-refractivity contribution in [2.24, 2.45) is 0 Å². The zero-order valence-corrected chi connectivity index (χ0v) is 24.0. The van der Waals surface area contributed by atoms with Gasteiger partial charge in [-0.15, -0.1) is 0 Å². The zero-order valence-electron chi connectivity index (χ0n) is 16.8. The summed E-state index contributed by atoms with van der Waals surface area (Å²) in [6.07, 6.45) is 0. The molecule has 0 heterocycles. The Morgan fingerprint density at radius 3 is 0.500 bits per heavy atom. The zero-order chi connectivity index (χ0) is 17.2. The summed E-state index contributed by atoms with van der Waals surface area (Å²) < 4.78 is 1.62. The Kier molecular flexibility index (Phi) is 15.8. The van der Waals surface area contributed by atoms with Crippen LogP contribution in [0, 0.1) is 0 Å². The molecule has 0 atom stereocenters. The minimum absolute atomic E-state index is 0. The van der Waals surface area contributed by atoms with Crippen LogP contribution in [0.5, 0.6) is 0 Å². The predicted octanol–water partition coefficient (Wildman–Crippen LogP) is 5.98. The molecular formula is C16H40Cl2O2Sn2. The van der Waals surface area contributed by atoms with Crippen LogP contribution in [-0.2, 0) is 0 Å². The SMILES string of the molecule is C[C](C)(C)[Sn]([Cl])[C](C)(C)C.C[C](C)(C)[Sn]([Cl])[C](C)(C)C.O.O. The van der Waals surface area contributed by atoms with Crippen molar-refractivity contribution >= 4 is 55.1 Å². The normalized spacial score (nSPS) is 13.1. The fraction of sp³-hybridized carbons (Fsp3) is 1.00. The third-order valence-corrected chi connectivity index (χ3v) is 32.9. The summed E-state index contributed by atoms with van der Waals surface area (Å²) in [5.74, 6) is 0. The maximum atomic E-state index is 6.43. The summed E-state index contributed by atoms with van der Waals surface area (Å²) in [6, 6.07) is 0. The van der Waals surface area contributed by atoms with Gasteiger partial charge in [-0.05, 0) is 0 Å². The quantitative estimate of drug-likeness (QED) is 0.321. The van der Waals surface area contributed by atoms with E-state index in [0.29, 0.717) is 13.7 Å². The fourth-order valence-electron chi connectivity index (χ4n) is 2.25. The molecule has 4 N–H and O–H groups in total. The minimum Gasteiger partial charge on any atom is -0.412 e. The maximum Gasteiger partial charge on any atom is -0.412 e. The van der Waals surface area contributed by atoms with E-state index >= 15 is 0 Å². The van der Waals surface area contributed by atoms with Gasteiger partial charge in [0, 0.05) is 0 Å². The Labute approximate surface area is 161 Å². The first-order chi connectivity index (χ1) is 8.31. The smallest absolute Gasteiger partial charge is 0.412 e. The van der Waals surface area contributed by atoms with Gasteiger partial charge in [0.05, 0.1) is 0 Å². The second kappa shape index (κ2) is 10.9. The molecule has 0 aliphatic rings. The van der Waals surface area contributed by atoms with Crippen molar-refractivity contribution in [1.29, 1.82) is 0 Å². The first-order valence-electron chi connectivity index (χ1n) is 7.38. The third-order valence-electron chi connectivity index (χ3n) is 2.63. The van der Waals surface area contributed by atoms with E-state index in [9.17, 15) is 0 Å². The fourth-order valence-corrected chi connectivity index (χ4v) is 15.1. The van der Waals surface area contributed by atoms with Crippen molar-refractivity contribution in [1.82, 2.24) is 0 Å². The molecule has 0 saturated heterocycles. The van der Waals surface area contributed by atoms with E-state index in [0.717, 1.165) is 0 Å². The van der Waals surface area contributed by atoms with Crippen molar-refractivity contribution < 1.29 is 11.0 Å². The summed E-state index contributed by atoms with van der Waals surface area (Å²) in [4.78, 5) is 0. The van der Waals surface area contributed by atoms with Crippen LogP contribution in [0.25, 0.3) is 0 Å². The molecule has 0 spiro atoms. The number of hydrogen-bond donors (Lipinski definition) is 0. The largest absolute Gasteiger partial charge is 0.412 e. The second-order valence-electron chi connectivity index (χ2n) is 9.63. The van der Waals surface area contributed by atoms with Crippen molar-refractivity contribution in [3.63, 3.8) is 0 Å². The Morgan fingerprint density at radius 2 is 0.500 bits per heavy atom. The molecule has 0 aromatic heterocycles. The van der Waals surface area contributed by atoms with Crippen molar-refractivity contribution in [3.05, 3.63) is 0 Å². The molecule has 6 heteroatoms. The van der Waals surface area contributed by atoms with Crippen molar-refractivity contribution in [2.45, 2.75) is 96.8 Å². The third kappa shape index (κ3) is 14.4. The molecule has 0 aromatic carbocycles. The first kappa shape index (κ1) is 31.8. The van der Waals surface area contributed by atoms with E-state index in [1.165, 1.54) is 0 Å². The Balaban J connectivity index is -0.000000135. The van der Waals surface area contributed by atoms with Crippen LogP contribution in [0.4, 0.5) is 0 Å². The molecule has 2 nitrogen and oxygen atoms in total. The Morgan fingerprint density at radius 1 is 0.409 bits per heavy atom. The average Bonchev–Trinajstić information content (AvgIpc) is 2.10. The average molecular weight is 573 g/mol. The summed E-state index contributed by atoms with van der Waals surface area (Å²) in [6.45, 7) is 27.2. The van der Waals surface area contributed by atoms with E-state index in [1.54, 1.807) is 0 Å². The number of halogens is 2. The molecular weight excluding hydrogens is 533 g/mol. The molecule has 0 amide bonds. The van der Waals surface area contributed by atoms with Crippen LogP contribution in [0.3, 0.4) is 0 Å². The van der Waals surface area contributed by atoms with Gasteiger partial charge >= 0.3 is 152 Å². The summed E-state index contributed by atoms with van der Waals surface area (Å²) in [5.41, 5.74) is 0. The number of rotatable bonds is 0. The molecule has 22 heavy (non-hydrogen) atoms. The van der Waals surface area contributed by atoms with E-state index in [2.05, 4.69) is 83.1 Å². The van der Waals surface area contributed by atoms with Crippen molar-refractivity contribution in [3.8, 4) is 0 Å². The summed E-state index contributed by atoms with van der Waals surface area (Å²) >= 11 is -3.33. The van der Waals surface area contributed by atoms with Gasteiger partial charge < -0.3 is 11.0 Å². The molecule has 138 valence electrons. The molecule has 0 aliphatic heterocycles. The predicted molar refractivity (Wildman–Crippen MR) is 109 cm³/mol. The van der Waals surface area contributed by atoms with Crippen molar-refractivity contribution in [2.75, 3.05) is 0 Å². The molecule has 0 rings (SSSR count). The van der Waals surface area contributed by atoms with Gasteiger partial charge in [-0.2, -0.15) is 0 Å². The van der Waals surface area contributed by atoms with Gasteiger partial charge in [0.2, 0.25) is 0 Å². The van der Waals surface area contributed by atoms with E-state index in [1.807, 2.05) is 0 Å². The molecule has 2 radical (unpaired) electrons. The van der Waals surface area contributed by atoms with Gasteiger partial charge in [0.25, 0.3) is 0 Å². The first-order valence-corrected chi connectivity index (χ1v) is 20.3. The van der Waals surface area contributed by atoms with Crippen LogP contribution in [0.1, 0.15) is 83.1 Å². The number of hydrogen-bond acceptors (Lipinski definition) is 0. The standard InChI is InChI=1S/4C4H9.2ClH.2H2O.2Sn/c4*1-4(2)3;;;;;;/h4*1-3H3;2*1H;2*1H2;;/q;;;;;;;;2*+1/p-2. The van der Waals surface area contributed by atoms with Gasteiger partial charge in [0.15, 0.2) is 0 Å². The van der Waals surface area contributed by atoms with Crippen LogP contribution in [0.15, 0.2) is 0 Å². The van der Waals surface area contributed by atoms with Gasteiger partial charge in [-0.3, -0.25) is 0 Å². The monoisotopic (exact) mass is 574 g/mol. The maximum absolute atomic E-state index is 6.43. The van der Waals surface area contributed by atoms with Crippen LogP contribution >= 0.6 is 17.8 Å². The van der Waals surface area contributed by atoms with E-state index < -0.39 is 37.3 Å². The molecule has 0 unspecified atom stereocenters. The van der Waals surface area contributed by atoms with Gasteiger partial charge in [-0.25, -0.2) is 0 Å². The molecule has 0 fully saturated rings.